The average molecular weight is 326 g/mol. The van der Waals surface area contributed by atoms with Crippen LogP contribution in [-0.2, 0) is 4.74 Å². The molecule has 114 valence electrons. The standard InChI is InChI=1S/C15H10ClF2NO3/c1-22-15(21)10-7-8(5-6-11(10)16)19-14(20)9-3-2-4-12(17)13(9)18/h2-7H,1H3,(H,19,20). The van der Waals surface area contributed by atoms with E-state index < -0.39 is 29.1 Å². The summed E-state index contributed by atoms with van der Waals surface area (Å²) < 4.78 is 31.2. The number of methoxy groups -OCH3 is 1. The van der Waals surface area contributed by atoms with Crippen molar-refractivity contribution >= 4 is 29.2 Å². The Morgan fingerprint density at radius 1 is 1.14 bits per heavy atom. The Labute approximate surface area is 129 Å². The Hall–Kier alpha value is -2.47. The third kappa shape index (κ3) is 3.23. The van der Waals surface area contributed by atoms with Gasteiger partial charge in [0.1, 0.15) is 0 Å². The summed E-state index contributed by atoms with van der Waals surface area (Å²) in [6, 6.07) is 7.35. The van der Waals surface area contributed by atoms with Gasteiger partial charge in [-0.3, -0.25) is 4.79 Å². The van der Waals surface area contributed by atoms with Gasteiger partial charge in [0.25, 0.3) is 5.91 Å². The summed E-state index contributed by atoms with van der Waals surface area (Å²) >= 11 is 5.85. The molecule has 2 aromatic rings. The van der Waals surface area contributed by atoms with Crippen LogP contribution in [0.4, 0.5) is 14.5 Å². The van der Waals surface area contributed by atoms with Crippen molar-refractivity contribution < 1.29 is 23.1 Å². The summed E-state index contributed by atoms with van der Waals surface area (Å²) in [5.41, 5.74) is -0.213. The van der Waals surface area contributed by atoms with E-state index in [9.17, 15) is 18.4 Å². The first-order chi connectivity index (χ1) is 10.4. The number of amides is 1. The molecule has 0 bridgehead atoms. The molecule has 0 saturated heterocycles. The van der Waals surface area contributed by atoms with Crippen molar-refractivity contribution in [2.75, 3.05) is 12.4 Å². The second-order valence-corrected chi connectivity index (χ2v) is 4.65. The molecule has 0 atom stereocenters. The number of carbonyl (C=O) groups is 2. The van der Waals surface area contributed by atoms with Crippen molar-refractivity contribution in [1.82, 2.24) is 0 Å². The highest BCUT2D eigenvalue weighted by Gasteiger charge is 2.17. The molecule has 0 heterocycles. The van der Waals surface area contributed by atoms with Crippen LogP contribution < -0.4 is 5.32 Å². The Bertz CT molecular complexity index is 750. The monoisotopic (exact) mass is 325 g/mol. The molecule has 1 amide bonds. The Morgan fingerprint density at radius 3 is 2.55 bits per heavy atom. The number of rotatable bonds is 3. The number of esters is 1. The van der Waals surface area contributed by atoms with Crippen LogP contribution >= 0.6 is 11.6 Å². The molecule has 7 heteroatoms. The van der Waals surface area contributed by atoms with Gasteiger partial charge in [-0.25, -0.2) is 13.6 Å². The van der Waals surface area contributed by atoms with Crippen molar-refractivity contribution in [2.24, 2.45) is 0 Å². The van der Waals surface area contributed by atoms with Crippen molar-refractivity contribution in [3.63, 3.8) is 0 Å². The van der Waals surface area contributed by atoms with Crippen LogP contribution in [0.3, 0.4) is 0 Å². The van der Waals surface area contributed by atoms with E-state index in [4.69, 9.17) is 11.6 Å². The molecule has 0 radical (unpaired) electrons. The normalized spacial score (nSPS) is 10.2. The maximum atomic E-state index is 13.5. The van der Waals surface area contributed by atoms with Crippen LogP contribution in [-0.4, -0.2) is 19.0 Å². The van der Waals surface area contributed by atoms with Gasteiger partial charge in [0.05, 0.1) is 23.3 Å². The van der Waals surface area contributed by atoms with Crippen LogP contribution in [0.5, 0.6) is 0 Å². The highest BCUT2D eigenvalue weighted by molar-refractivity contribution is 6.33. The first-order valence-electron chi connectivity index (χ1n) is 6.07. The second-order valence-electron chi connectivity index (χ2n) is 4.24. The Balaban J connectivity index is 2.29. The fourth-order valence-electron chi connectivity index (χ4n) is 1.75. The third-order valence-corrected chi connectivity index (χ3v) is 3.16. The fourth-order valence-corrected chi connectivity index (χ4v) is 1.94. The number of halogens is 3. The smallest absolute Gasteiger partial charge is 0.339 e. The predicted octanol–water partition coefficient (Wildman–Crippen LogP) is 3.66. The number of anilines is 1. The fraction of sp³-hybridized carbons (Fsp3) is 0.0667. The third-order valence-electron chi connectivity index (χ3n) is 2.83. The largest absolute Gasteiger partial charge is 0.465 e. The lowest BCUT2D eigenvalue weighted by molar-refractivity contribution is 0.0600. The van der Waals surface area contributed by atoms with Gasteiger partial charge >= 0.3 is 5.97 Å². The zero-order valence-corrected chi connectivity index (χ0v) is 12.1. The van der Waals surface area contributed by atoms with Gasteiger partial charge in [0, 0.05) is 5.69 Å². The molecule has 0 aliphatic heterocycles. The Morgan fingerprint density at radius 2 is 1.86 bits per heavy atom. The molecule has 0 fully saturated rings. The van der Waals surface area contributed by atoms with Crippen LogP contribution in [0.2, 0.25) is 5.02 Å². The molecule has 0 saturated carbocycles. The van der Waals surface area contributed by atoms with Gasteiger partial charge < -0.3 is 10.1 Å². The molecule has 0 unspecified atom stereocenters. The summed E-state index contributed by atoms with van der Waals surface area (Å²) in [5.74, 6) is -3.91. The van der Waals surface area contributed by atoms with E-state index in [1.807, 2.05) is 0 Å². The predicted molar refractivity (Wildman–Crippen MR) is 77.1 cm³/mol. The minimum Gasteiger partial charge on any atom is -0.465 e. The van der Waals surface area contributed by atoms with E-state index >= 15 is 0 Å². The lowest BCUT2D eigenvalue weighted by atomic mass is 10.1. The van der Waals surface area contributed by atoms with Gasteiger partial charge in [-0.15, -0.1) is 0 Å². The van der Waals surface area contributed by atoms with Crippen LogP contribution in [0, 0.1) is 11.6 Å². The molecule has 4 nitrogen and oxygen atoms in total. The van der Waals surface area contributed by atoms with Crippen molar-refractivity contribution in [3.8, 4) is 0 Å². The molecule has 2 aromatic carbocycles. The molecule has 0 spiro atoms. The summed E-state index contributed by atoms with van der Waals surface area (Å²) in [5, 5.41) is 2.50. The highest BCUT2D eigenvalue weighted by atomic mass is 35.5. The number of hydrogen-bond acceptors (Lipinski definition) is 3. The number of carbonyl (C=O) groups excluding carboxylic acids is 2. The van der Waals surface area contributed by atoms with Crippen LogP contribution in [0.1, 0.15) is 20.7 Å². The molecule has 0 aliphatic rings. The van der Waals surface area contributed by atoms with E-state index in [0.29, 0.717) is 0 Å². The van der Waals surface area contributed by atoms with Crippen LogP contribution in [0.15, 0.2) is 36.4 Å². The van der Waals surface area contributed by atoms with Gasteiger partial charge in [-0.05, 0) is 30.3 Å². The van der Waals surface area contributed by atoms with Crippen molar-refractivity contribution in [2.45, 2.75) is 0 Å². The van der Waals surface area contributed by atoms with Gasteiger partial charge in [-0.1, -0.05) is 17.7 Å². The SMILES string of the molecule is COC(=O)c1cc(NC(=O)c2cccc(F)c2F)ccc1Cl. The van der Waals surface area contributed by atoms with Crippen molar-refractivity contribution in [1.29, 1.82) is 0 Å². The van der Waals surface area contributed by atoms with Gasteiger partial charge in [0.2, 0.25) is 0 Å². The summed E-state index contributed by atoms with van der Waals surface area (Å²) in [4.78, 5) is 23.5. The number of hydrogen-bond donors (Lipinski definition) is 1. The van der Waals surface area contributed by atoms with E-state index in [1.54, 1.807) is 0 Å². The first-order valence-corrected chi connectivity index (χ1v) is 6.45. The molecular formula is C15H10ClF2NO3. The second kappa shape index (κ2) is 6.53. The molecule has 1 N–H and O–H groups in total. The Kier molecular flexibility index (Phi) is 4.72. The molecule has 22 heavy (non-hydrogen) atoms. The van der Waals surface area contributed by atoms with Gasteiger partial charge in [-0.2, -0.15) is 0 Å². The minimum absolute atomic E-state index is 0.0432. The van der Waals surface area contributed by atoms with Gasteiger partial charge in [0.15, 0.2) is 11.6 Å². The lowest BCUT2D eigenvalue weighted by Crippen LogP contribution is -2.15. The summed E-state index contributed by atoms with van der Waals surface area (Å²) in [6.45, 7) is 0. The van der Waals surface area contributed by atoms with Crippen LogP contribution in [0.25, 0.3) is 0 Å². The highest BCUT2D eigenvalue weighted by Crippen LogP contribution is 2.22. The minimum atomic E-state index is -1.25. The van der Waals surface area contributed by atoms with Crippen molar-refractivity contribution in [3.05, 3.63) is 64.2 Å². The maximum absolute atomic E-state index is 13.5. The van der Waals surface area contributed by atoms with E-state index in [2.05, 4.69) is 10.1 Å². The van der Waals surface area contributed by atoms with E-state index in [1.165, 1.54) is 31.4 Å². The lowest BCUT2D eigenvalue weighted by Gasteiger charge is -2.09. The number of nitrogens with one attached hydrogen (secondary N) is 1. The molecule has 0 aliphatic carbocycles. The molecule has 2 rings (SSSR count). The quantitative estimate of drug-likeness (QED) is 0.876. The van der Waals surface area contributed by atoms with E-state index in [-0.39, 0.29) is 16.3 Å². The summed E-state index contributed by atoms with van der Waals surface area (Å²) in [7, 11) is 1.19. The average Bonchev–Trinajstić information content (AvgIpc) is 2.51. The zero-order valence-electron chi connectivity index (χ0n) is 11.3. The topological polar surface area (TPSA) is 55.4 Å². The zero-order chi connectivity index (χ0) is 16.3. The number of benzene rings is 2. The molecular weight excluding hydrogens is 316 g/mol. The number of ether oxygens (including phenoxy) is 1. The van der Waals surface area contributed by atoms with E-state index in [0.717, 1.165) is 12.1 Å². The molecule has 0 aromatic heterocycles. The first kappa shape index (κ1) is 15.9. The summed E-state index contributed by atoms with van der Waals surface area (Å²) in [6.07, 6.45) is 0. The maximum Gasteiger partial charge on any atom is 0.339 e.